The molecule has 3 aromatic heterocycles. The number of anilines is 2. The van der Waals surface area contributed by atoms with E-state index in [1.165, 1.54) is 11.1 Å². The van der Waals surface area contributed by atoms with E-state index in [0.717, 1.165) is 45.7 Å². The lowest BCUT2D eigenvalue weighted by Gasteiger charge is -2.15. The maximum atomic E-state index is 4.86. The Balaban J connectivity index is 1.98. The number of aryl methyl sites for hydroxylation is 4. The molecule has 0 atom stereocenters. The van der Waals surface area contributed by atoms with E-state index in [1.807, 2.05) is 6.92 Å². The topological polar surface area (TPSA) is 42.2 Å². The number of nitrogens with zero attached hydrogens (tertiary/aromatic N) is 3. The van der Waals surface area contributed by atoms with Crippen molar-refractivity contribution >= 4 is 28.6 Å². The Hall–Kier alpha value is -2.66. The van der Waals surface area contributed by atoms with E-state index in [4.69, 9.17) is 4.98 Å². The highest BCUT2D eigenvalue weighted by molar-refractivity contribution is 7.13. The van der Waals surface area contributed by atoms with Crippen molar-refractivity contribution in [2.24, 2.45) is 0 Å². The second-order valence-corrected chi connectivity index (χ2v) is 7.50. The molecule has 0 saturated carbocycles. The smallest absolute Gasteiger partial charge is 0.236 e. The van der Waals surface area contributed by atoms with Crippen LogP contribution in [0.3, 0.4) is 0 Å². The molecule has 0 bridgehead atoms. The van der Waals surface area contributed by atoms with E-state index in [0.29, 0.717) is 0 Å². The van der Waals surface area contributed by atoms with Crippen LogP contribution in [0, 0.1) is 20.8 Å². The van der Waals surface area contributed by atoms with Crippen LogP contribution in [0.2, 0.25) is 0 Å². The van der Waals surface area contributed by atoms with Gasteiger partial charge in [-0.05, 0) is 55.8 Å². The summed E-state index contributed by atoms with van der Waals surface area (Å²) < 4.78 is 2.12. The lowest BCUT2D eigenvalue weighted by atomic mass is 10.1. The number of hydrogen-bond acceptors (Lipinski definition) is 4. The summed E-state index contributed by atoms with van der Waals surface area (Å²) >= 11 is 1.70. The van der Waals surface area contributed by atoms with Gasteiger partial charge < -0.3 is 5.32 Å². The first kappa shape index (κ1) is 16.8. The molecule has 0 aliphatic carbocycles. The molecule has 1 N–H and O–H groups in total. The maximum Gasteiger partial charge on any atom is 0.236 e. The molecule has 132 valence electrons. The first-order valence-electron chi connectivity index (χ1n) is 8.84. The maximum absolute atomic E-state index is 4.86. The van der Waals surface area contributed by atoms with E-state index < -0.39 is 0 Å². The highest BCUT2D eigenvalue weighted by atomic mass is 32.1. The minimum atomic E-state index is 0.736. The standard InChI is InChI=1S/C21H22N4S/c1-5-16-9-6-8-13(2)18(16)23-20-19(17-10-7-11-26-17)24-21-22-14(3)12-15(4)25(20)21/h6-12,23H,5H2,1-4H3. The molecule has 0 radical (unpaired) electrons. The zero-order valence-corrected chi connectivity index (χ0v) is 16.3. The Bertz CT molecular complexity index is 1080. The largest absolute Gasteiger partial charge is 0.339 e. The number of aromatic nitrogens is 3. The average Bonchev–Trinajstić information content (AvgIpc) is 3.24. The molecule has 0 amide bonds. The van der Waals surface area contributed by atoms with Gasteiger partial charge in [-0.25, -0.2) is 9.97 Å². The first-order chi connectivity index (χ1) is 12.6. The normalized spacial score (nSPS) is 11.2. The molecule has 0 unspecified atom stereocenters. The zero-order chi connectivity index (χ0) is 18.3. The zero-order valence-electron chi connectivity index (χ0n) is 15.5. The second kappa shape index (κ2) is 6.57. The molecule has 1 aromatic carbocycles. The summed E-state index contributed by atoms with van der Waals surface area (Å²) in [6, 6.07) is 12.7. The number of thiophene rings is 1. The fourth-order valence-corrected chi connectivity index (χ4v) is 4.11. The molecular formula is C21H22N4S. The summed E-state index contributed by atoms with van der Waals surface area (Å²) in [6.45, 7) is 8.44. The number of rotatable bonds is 4. The summed E-state index contributed by atoms with van der Waals surface area (Å²) in [5, 5.41) is 5.78. The molecular weight excluding hydrogens is 340 g/mol. The van der Waals surface area contributed by atoms with Crippen LogP contribution in [0.1, 0.15) is 29.4 Å². The van der Waals surface area contributed by atoms with Gasteiger partial charge in [0.05, 0.1) is 4.88 Å². The Morgan fingerprint density at radius 3 is 2.65 bits per heavy atom. The van der Waals surface area contributed by atoms with Gasteiger partial charge in [-0.15, -0.1) is 11.3 Å². The van der Waals surface area contributed by atoms with Gasteiger partial charge in [0.25, 0.3) is 0 Å². The summed E-state index contributed by atoms with van der Waals surface area (Å²) in [5.74, 6) is 1.72. The number of imidazole rings is 1. The third-order valence-electron chi connectivity index (χ3n) is 4.64. The molecule has 4 aromatic rings. The monoisotopic (exact) mass is 362 g/mol. The van der Waals surface area contributed by atoms with Crippen molar-refractivity contribution in [3.8, 4) is 10.6 Å². The molecule has 0 spiro atoms. The fraction of sp³-hybridized carbons (Fsp3) is 0.238. The molecule has 5 heteroatoms. The van der Waals surface area contributed by atoms with Crippen molar-refractivity contribution in [2.45, 2.75) is 34.1 Å². The quantitative estimate of drug-likeness (QED) is 0.507. The van der Waals surface area contributed by atoms with E-state index in [9.17, 15) is 0 Å². The highest BCUT2D eigenvalue weighted by Gasteiger charge is 2.19. The van der Waals surface area contributed by atoms with Crippen LogP contribution >= 0.6 is 11.3 Å². The van der Waals surface area contributed by atoms with Crippen LogP contribution < -0.4 is 5.32 Å². The minimum Gasteiger partial charge on any atom is -0.339 e. The number of fused-ring (bicyclic) bond motifs is 1. The van der Waals surface area contributed by atoms with Gasteiger partial charge in [-0.2, -0.15) is 0 Å². The van der Waals surface area contributed by atoms with Gasteiger partial charge in [0, 0.05) is 17.1 Å². The number of benzene rings is 1. The van der Waals surface area contributed by atoms with Crippen molar-refractivity contribution in [1.82, 2.24) is 14.4 Å². The lowest BCUT2D eigenvalue weighted by molar-refractivity contribution is 1.01. The van der Waals surface area contributed by atoms with Gasteiger partial charge in [-0.1, -0.05) is 31.2 Å². The van der Waals surface area contributed by atoms with E-state index in [2.05, 4.69) is 77.3 Å². The Kier molecular flexibility index (Phi) is 4.24. The molecule has 0 aliphatic heterocycles. The molecule has 3 heterocycles. The van der Waals surface area contributed by atoms with Gasteiger partial charge >= 0.3 is 0 Å². The van der Waals surface area contributed by atoms with Crippen molar-refractivity contribution in [2.75, 3.05) is 5.32 Å². The summed E-state index contributed by atoms with van der Waals surface area (Å²) in [6.07, 6.45) is 0.978. The fourth-order valence-electron chi connectivity index (χ4n) is 3.40. The number of hydrogen-bond donors (Lipinski definition) is 1. The van der Waals surface area contributed by atoms with E-state index in [1.54, 1.807) is 11.3 Å². The van der Waals surface area contributed by atoms with Crippen LogP contribution in [-0.2, 0) is 6.42 Å². The molecule has 0 fully saturated rings. The SMILES string of the molecule is CCc1cccc(C)c1Nc1c(-c2cccs2)nc2nc(C)cc(C)n12. The molecule has 0 saturated heterocycles. The van der Waals surface area contributed by atoms with Crippen molar-refractivity contribution < 1.29 is 0 Å². The van der Waals surface area contributed by atoms with Gasteiger partial charge in [0.1, 0.15) is 11.5 Å². The van der Waals surface area contributed by atoms with Crippen LogP contribution in [0.4, 0.5) is 11.5 Å². The van der Waals surface area contributed by atoms with Crippen molar-refractivity contribution in [3.05, 3.63) is 64.3 Å². The van der Waals surface area contributed by atoms with E-state index in [-0.39, 0.29) is 0 Å². The van der Waals surface area contributed by atoms with Gasteiger partial charge in [-0.3, -0.25) is 4.40 Å². The van der Waals surface area contributed by atoms with Crippen LogP contribution in [0.15, 0.2) is 41.8 Å². The molecule has 26 heavy (non-hydrogen) atoms. The van der Waals surface area contributed by atoms with Crippen LogP contribution in [0.5, 0.6) is 0 Å². The predicted octanol–water partition coefficient (Wildman–Crippen LogP) is 5.69. The Labute approximate surface area is 157 Å². The third kappa shape index (κ3) is 2.78. The first-order valence-corrected chi connectivity index (χ1v) is 9.72. The third-order valence-corrected chi connectivity index (χ3v) is 5.52. The summed E-state index contributed by atoms with van der Waals surface area (Å²) in [4.78, 5) is 10.6. The van der Waals surface area contributed by atoms with Crippen LogP contribution in [0.25, 0.3) is 16.3 Å². The highest BCUT2D eigenvalue weighted by Crippen LogP contribution is 2.35. The number of nitrogens with one attached hydrogen (secondary N) is 1. The second-order valence-electron chi connectivity index (χ2n) is 6.55. The average molecular weight is 363 g/mol. The lowest BCUT2D eigenvalue weighted by Crippen LogP contribution is -2.04. The molecule has 0 aliphatic rings. The van der Waals surface area contributed by atoms with Crippen molar-refractivity contribution in [3.63, 3.8) is 0 Å². The van der Waals surface area contributed by atoms with Gasteiger partial charge in [0.2, 0.25) is 5.78 Å². The summed E-state index contributed by atoms with van der Waals surface area (Å²) in [7, 11) is 0. The predicted molar refractivity (Wildman–Crippen MR) is 110 cm³/mol. The van der Waals surface area contributed by atoms with Gasteiger partial charge in [0.15, 0.2) is 0 Å². The Morgan fingerprint density at radius 2 is 1.92 bits per heavy atom. The van der Waals surface area contributed by atoms with Crippen molar-refractivity contribution in [1.29, 1.82) is 0 Å². The van der Waals surface area contributed by atoms with Crippen LogP contribution in [-0.4, -0.2) is 14.4 Å². The summed E-state index contributed by atoms with van der Waals surface area (Å²) in [5.41, 5.74) is 6.75. The Morgan fingerprint density at radius 1 is 1.08 bits per heavy atom. The molecule has 4 rings (SSSR count). The minimum absolute atomic E-state index is 0.736. The molecule has 4 nitrogen and oxygen atoms in total. The van der Waals surface area contributed by atoms with E-state index >= 15 is 0 Å². The number of para-hydroxylation sites is 1.